The fraction of sp³-hybridized carbons (Fsp3) is 1.00. The maximum atomic E-state index is 6.22. The summed E-state index contributed by atoms with van der Waals surface area (Å²) in [6.07, 6.45) is 13.9. The SMILES string of the molecule is COC1CCC(COC2CCC(OCCN3CCCC3)CC2)CC1. The van der Waals surface area contributed by atoms with Gasteiger partial charge in [0.05, 0.1) is 24.9 Å². The Morgan fingerprint density at radius 3 is 1.96 bits per heavy atom. The third-order valence-electron chi connectivity index (χ3n) is 6.28. The van der Waals surface area contributed by atoms with Gasteiger partial charge < -0.3 is 19.1 Å². The first-order valence-corrected chi connectivity index (χ1v) is 10.3. The molecule has 0 aromatic heterocycles. The van der Waals surface area contributed by atoms with Gasteiger partial charge in [-0.05, 0) is 83.2 Å². The molecule has 1 aliphatic heterocycles. The summed E-state index contributed by atoms with van der Waals surface area (Å²) < 4.78 is 17.8. The van der Waals surface area contributed by atoms with Crippen molar-refractivity contribution in [1.82, 2.24) is 4.90 Å². The van der Waals surface area contributed by atoms with Gasteiger partial charge in [0.25, 0.3) is 0 Å². The van der Waals surface area contributed by atoms with Crippen molar-refractivity contribution in [2.45, 2.75) is 82.5 Å². The maximum Gasteiger partial charge on any atom is 0.0597 e. The van der Waals surface area contributed by atoms with E-state index in [1.165, 1.54) is 77.3 Å². The summed E-state index contributed by atoms with van der Waals surface area (Å²) in [5.74, 6) is 0.755. The molecule has 3 rings (SSSR count). The maximum absolute atomic E-state index is 6.22. The number of nitrogens with zero attached hydrogens (tertiary/aromatic N) is 1. The molecule has 4 heteroatoms. The van der Waals surface area contributed by atoms with Crippen LogP contribution >= 0.6 is 0 Å². The molecule has 2 saturated carbocycles. The van der Waals surface area contributed by atoms with Crippen LogP contribution in [0.1, 0.15) is 64.2 Å². The Balaban J connectivity index is 1.22. The van der Waals surface area contributed by atoms with Crippen LogP contribution in [0.25, 0.3) is 0 Å². The largest absolute Gasteiger partial charge is 0.381 e. The van der Waals surface area contributed by atoms with Gasteiger partial charge in [-0.25, -0.2) is 0 Å². The van der Waals surface area contributed by atoms with Crippen molar-refractivity contribution in [3.63, 3.8) is 0 Å². The number of hydrogen-bond acceptors (Lipinski definition) is 4. The van der Waals surface area contributed by atoms with Crippen molar-refractivity contribution < 1.29 is 14.2 Å². The highest BCUT2D eigenvalue weighted by Crippen LogP contribution is 2.28. The Morgan fingerprint density at radius 1 is 0.750 bits per heavy atom. The Bertz CT molecular complexity index is 330. The highest BCUT2D eigenvalue weighted by molar-refractivity contribution is 4.76. The van der Waals surface area contributed by atoms with E-state index in [2.05, 4.69) is 4.90 Å². The lowest BCUT2D eigenvalue weighted by molar-refractivity contribution is -0.0495. The second-order valence-electron chi connectivity index (χ2n) is 8.03. The first-order valence-electron chi connectivity index (χ1n) is 10.3. The van der Waals surface area contributed by atoms with E-state index in [0.29, 0.717) is 18.3 Å². The lowest BCUT2D eigenvalue weighted by Gasteiger charge is -2.32. The van der Waals surface area contributed by atoms with Crippen LogP contribution in [0, 0.1) is 5.92 Å². The van der Waals surface area contributed by atoms with Crippen LogP contribution in [0.15, 0.2) is 0 Å². The minimum absolute atomic E-state index is 0.476. The van der Waals surface area contributed by atoms with Gasteiger partial charge in [-0.3, -0.25) is 0 Å². The minimum atomic E-state index is 0.476. The number of hydrogen-bond donors (Lipinski definition) is 0. The second kappa shape index (κ2) is 10.1. The zero-order valence-corrected chi connectivity index (χ0v) is 15.6. The van der Waals surface area contributed by atoms with Crippen molar-refractivity contribution in [3.05, 3.63) is 0 Å². The molecule has 1 saturated heterocycles. The van der Waals surface area contributed by atoms with Crippen LogP contribution in [0.2, 0.25) is 0 Å². The van der Waals surface area contributed by atoms with Crippen LogP contribution in [-0.4, -0.2) is 63.2 Å². The summed E-state index contributed by atoms with van der Waals surface area (Å²) >= 11 is 0. The monoisotopic (exact) mass is 339 g/mol. The van der Waals surface area contributed by atoms with Gasteiger partial charge in [0.2, 0.25) is 0 Å². The van der Waals surface area contributed by atoms with E-state index in [0.717, 1.165) is 25.7 Å². The van der Waals surface area contributed by atoms with Gasteiger partial charge in [0.1, 0.15) is 0 Å². The van der Waals surface area contributed by atoms with E-state index >= 15 is 0 Å². The molecule has 0 amide bonds. The zero-order valence-electron chi connectivity index (χ0n) is 15.6. The fourth-order valence-electron chi connectivity index (χ4n) is 4.53. The first-order chi connectivity index (χ1) is 11.8. The summed E-state index contributed by atoms with van der Waals surface area (Å²) in [5, 5.41) is 0. The third kappa shape index (κ3) is 5.98. The molecule has 3 aliphatic rings. The smallest absolute Gasteiger partial charge is 0.0597 e. The quantitative estimate of drug-likeness (QED) is 0.676. The first kappa shape index (κ1) is 18.6. The van der Waals surface area contributed by atoms with Crippen LogP contribution in [0.5, 0.6) is 0 Å². The number of rotatable bonds is 8. The van der Waals surface area contributed by atoms with Crippen LogP contribution < -0.4 is 0 Å². The summed E-state index contributed by atoms with van der Waals surface area (Å²) in [5.41, 5.74) is 0. The Kier molecular flexibility index (Phi) is 7.84. The van der Waals surface area contributed by atoms with E-state index in [1.807, 2.05) is 7.11 Å². The fourth-order valence-corrected chi connectivity index (χ4v) is 4.53. The molecule has 0 aromatic carbocycles. The van der Waals surface area contributed by atoms with Gasteiger partial charge in [0, 0.05) is 20.3 Å². The number of ether oxygens (including phenoxy) is 3. The Morgan fingerprint density at radius 2 is 1.33 bits per heavy atom. The summed E-state index contributed by atoms with van der Waals surface area (Å²) in [6.45, 7) is 5.55. The number of methoxy groups -OCH3 is 1. The summed E-state index contributed by atoms with van der Waals surface area (Å²) in [4.78, 5) is 2.53. The molecular weight excluding hydrogens is 302 g/mol. The molecule has 4 nitrogen and oxygen atoms in total. The van der Waals surface area contributed by atoms with Crippen molar-refractivity contribution in [2.24, 2.45) is 5.92 Å². The Hall–Kier alpha value is -0.160. The molecule has 140 valence electrons. The van der Waals surface area contributed by atoms with Crippen molar-refractivity contribution in [2.75, 3.05) is 40.0 Å². The van der Waals surface area contributed by atoms with E-state index in [-0.39, 0.29) is 0 Å². The minimum Gasteiger partial charge on any atom is -0.381 e. The average molecular weight is 340 g/mol. The van der Waals surface area contributed by atoms with E-state index < -0.39 is 0 Å². The molecule has 0 N–H and O–H groups in total. The third-order valence-corrected chi connectivity index (χ3v) is 6.28. The van der Waals surface area contributed by atoms with E-state index in [4.69, 9.17) is 14.2 Å². The van der Waals surface area contributed by atoms with E-state index in [9.17, 15) is 0 Å². The molecule has 0 unspecified atom stereocenters. The van der Waals surface area contributed by atoms with Crippen molar-refractivity contribution in [3.8, 4) is 0 Å². The van der Waals surface area contributed by atoms with Gasteiger partial charge in [0.15, 0.2) is 0 Å². The number of likely N-dealkylation sites (tertiary alicyclic amines) is 1. The summed E-state index contributed by atoms with van der Waals surface area (Å²) in [6, 6.07) is 0. The van der Waals surface area contributed by atoms with E-state index in [1.54, 1.807) is 0 Å². The lowest BCUT2D eigenvalue weighted by atomic mass is 9.88. The normalized spacial score (nSPS) is 35.4. The molecule has 0 aromatic rings. The molecule has 0 bridgehead atoms. The highest BCUT2D eigenvalue weighted by atomic mass is 16.5. The van der Waals surface area contributed by atoms with Gasteiger partial charge in [-0.15, -0.1) is 0 Å². The molecule has 3 fully saturated rings. The van der Waals surface area contributed by atoms with Crippen molar-refractivity contribution in [1.29, 1.82) is 0 Å². The standard InChI is InChI=1S/C20H37NO3/c1-22-18-6-4-17(5-7-18)16-24-20-10-8-19(9-11-20)23-15-14-21-12-2-3-13-21/h17-20H,2-16H2,1H3. The van der Waals surface area contributed by atoms with Crippen LogP contribution in [0.3, 0.4) is 0 Å². The van der Waals surface area contributed by atoms with Crippen LogP contribution in [-0.2, 0) is 14.2 Å². The van der Waals surface area contributed by atoms with Gasteiger partial charge in [-0.2, -0.15) is 0 Å². The Labute approximate surface area is 148 Å². The average Bonchev–Trinajstić information content (AvgIpc) is 3.15. The molecule has 2 aliphatic carbocycles. The lowest BCUT2D eigenvalue weighted by Crippen LogP contribution is -2.31. The van der Waals surface area contributed by atoms with Gasteiger partial charge >= 0.3 is 0 Å². The molecule has 0 radical (unpaired) electrons. The zero-order chi connectivity index (χ0) is 16.6. The molecule has 0 spiro atoms. The predicted molar refractivity (Wildman–Crippen MR) is 96.4 cm³/mol. The molecule has 24 heavy (non-hydrogen) atoms. The van der Waals surface area contributed by atoms with Crippen LogP contribution in [0.4, 0.5) is 0 Å². The molecule has 0 atom stereocenters. The summed E-state index contributed by atoms with van der Waals surface area (Å²) in [7, 11) is 1.84. The predicted octanol–water partition coefficient (Wildman–Crippen LogP) is 3.63. The van der Waals surface area contributed by atoms with Crippen molar-refractivity contribution >= 4 is 0 Å². The highest BCUT2D eigenvalue weighted by Gasteiger charge is 2.25. The van der Waals surface area contributed by atoms with Gasteiger partial charge in [-0.1, -0.05) is 0 Å². The molecular formula is C20H37NO3. The topological polar surface area (TPSA) is 30.9 Å². The molecule has 1 heterocycles. The second-order valence-corrected chi connectivity index (χ2v) is 8.03.